The van der Waals surface area contributed by atoms with Crippen molar-refractivity contribution in [3.05, 3.63) is 29.3 Å². The van der Waals surface area contributed by atoms with Crippen molar-refractivity contribution >= 4 is 17.5 Å². The van der Waals surface area contributed by atoms with Crippen molar-refractivity contribution in [2.24, 2.45) is 0 Å². The van der Waals surface area contributed by atoms with Crippen LogP contribution in [-0.4, -0.2) is 29.1 Å². The van der Waals surface area contributed by atoms with Gasteiger partial charge < -0.3 is 15.7 Å². The van der Waals surface area contributed by atoms with Gasteiger partial charge in [0.15, 0.2) is 5.78 Å². The van der Waals surface area contributed by atoms with E-state index in [9.17, 15) is 14.7 Å². The molecule has 0 heterocycles. The smallest absolute Gasteiger partial charge is 0.319 e. The van der Waals surface area contributed by atoms with Crippen LogP contribution in [0.1, 0.15) is 49.5 Å². The topological polar surface area (TPSA) is 78.4 Å². The lowest BCUT2D eigenvalue weighted by Gasteiger charge is -2.25. The third kappa shape index (κ3) is 4.86. The number of aryl methyl sites for hydroxylation is 1. The van der Waals surface area contributed by atoms with Gasteiger partial charge in [-0.3, -0.25) is 4.79 Å². The SMILES string of the molecule is CCC(O)(CC)CNC(=O)Nc1ccc(C(C)=O)c(C)c1. The van der Waals surface area contributed by atoms with Gasteiger partial charge >= 0.3 is 6.03 Å². The maximum absolute atomic E-state index is 11.8. The number of amides is 2. The minimum absolute atomic E-state index is 0.000503. The molecule has 2 amide bonds. The number of benzene rings is 1. The van der Waals surface area contributed by atoms with Gasteiger partial charge in [-0.25, -0.2) is 4.79 Å². The third-order valence-electron chi connectivity index (χ3n) is 3.76. The molecule has 0 atom stereocenters. The number of ketones is 1. The zero-order valence-electron chi connectivity index (χ0n) is 13.1. The van der Waals surface area contributed by atoms with Crippen LogP contribution in [0, 0.1) is 6.92 Å². The fraction of sp³-hybridized carbons (Fsp3) is 0.500. The van der Waals surface area contributed by atoms with Crippen LogP contribution in [0.5, 0.6) is 0 Å². The van der Waals surface area contributed by atoms with Crippen molar-refractivity contribution < 1.29 is 14.7 Å². The van der Waals surface area contributed by atoms with Crippen molar-refractivity contribution in [3.63, 3.8) is 0 Å². The highest BCUT2D eigenvalue weighted by Crippen LogP contribution is 2.16. The van der Waals surface area contributed by atoms with Crippen LogP contribution in [0.3, 0.4) is 0 Å². The molecular weight excluding hydrogens is 268 g/mol. The molecule has 0 saturated carbocycles. The maximum atomic E-state index is 11.8. The lowest BCUT2D eigenvalue weighted by Crippen LogP contribution is -2.43. The van der Waals surface area contributed by atoms with Crippen LogP contribution < -0.4 is 10.6 Å². The largest absolute Gasteiger partial charge is 0.388 e. The molecule has 3 N–H and O–H groups in total. The Kier molecular flexibility index (Phi) is 5.90. The van der Waals surface area contributed by atoms with Crippen LogP contribution in [0.2, 0.25) is 0 Å². The highest BCUT2D eigenvalue weighted by atomic mass is 16.3. The molecule has 0 aliphatic carbocycles. The van der Waals surface area contributed by atoms with Crippen molar-refractivity contribution in [2.45, 2.75) is 46.1 Å². The second-order valence-corrected chi connectivity index (χ2v) is 5.33. The lowest BCUT2D eigenvalue weighted by atomic mass is 9.98. The second kappa shape index (κ2) is 7.22. The molecule has 0 spiro atoms. The molecular formula is C16H24N2O3. The van der Waals surface area contributed by atoms with E-state index in [0.29, 0.717) is 24.1 Å². The first kappa shape index (κ1) is 17.2. The standard InChI is InChI=1S/C16H24N2O3/c1-5-16(21,6-2)10-17-15(20)18-13-7-8-14(12(4)19)11(3)9-13/h7-9,21H,5-6,10H2,1-4H3,(H2,17,18,20). The maximum Gasteiger partial charge on any atom is 0.319 e. The van der Waals surface area contributed by atoms with E-state index in [1.807, 2.05) is 20.8 Å². The molecule has 1 aromatic rings. The van der Waals surface area contributed by atoms with E-state index in [1.54, 1.807) is 18.2 Å². The molecule has 0 fully saturated rings. The summed E-state index contributed by atoms with van der Waals surface area (Å²) in [6.45, 7) is 7.31. The molecule has 0 unspecified atom stereocenters. The predicted molar refractivity (Wildman–Crippen MR) is 83.7 cm³/mol. The third-order valence-corrected chi connectivity index (χ3v) is 3.76. The number of urea groups is 1. The monoisotopic (exact) mass is 292 g/mol. The molecule has 0 aliphatic rings. The van der Waals surface area contributed by atoms with E-state index in [0.717, 1.165) is 5.56 Å². The second-order valence-electron chi connectivity index (χ2n) is 5.33. The first-order valence-corrected chi connectivity index (χ1v) is 7.20. The summed E-state index contributed by atoms with van der Waals surface area (Å²) in [6.07, 6.45) is 1.16. The summed E-state index contributed by atoms with van der Waals surface area (Å²) in [5.74, 6) is -0.000503. The molecule has 21 heavy (non-hydrogen) atoms. The highest BCUT2D eigenvalue weighted by Gasteiger charge is 2.22. The summed E-state index contributed by atoms with van der Waals surface area (Å²) in [5.41, 5.74) is 1.21. The van der Waals surface area contributed by atoms with Crippen molar-refractivity contribution in [1.29, 1.82) is 0 Å². The molecule has 1 aromatic carbocycles. The fourth-order valence-electron chi connectivity index (χ4n) is 2.06. The molecule has 1 rings (SSSR count). The molecule has 0 radical (unpaired) electrons. The highest BCUT2D eigenvalue weighted by molar-refractivity contribution is 5.96. The number of carbonyl (C=O) groups excluding carboxylic acids is 2. The van der Waals surface area contributed by atoms with E-state index in [2.05, 4.69) is 10.6 Å². The summed E-state index contributed by atoms with van der Waals surface area (Å²) in [6, 6.07) is 4.77. The van der Waals surface area contributed by atoms with E-state index in [-0.39, 0.29) is 18.4 Å². The van der Waals surface area contributed by atoms with Gasteiger partial charge in [-0.1, -0.05) is 13.8 Å². The van der Waals surface area contributed by atoms with Gasteiger partial charge in [0, 0.05) is 17.8 Å². The minimum Gasteiger partial charge on any atom is -0.388 e. The zero-order chi connectivity index (χ0) is 16.0. The number of hydrogen-bond acceptors (Lipinski definition) is 3. The number of rotatable bonds is 6. The van der Waals surface area contributed by atoms with Gasteiger partial charge in [0.2, 0.25) is 0 Å². The summed E-state index contributed by atoms with van der Waals surface area (Å²) in [4.78, 5) is 23.2. The summed E-state index contributed by atoms with van der Waals surface area (Å²) in [5, 5.41) is 15.5. The molecule has 5 nitrogen and oxygen atoms in total. The number of anilines is 1. The van der Waals surface area contributed by atoms with Crippen LogP contribution in [0.25, 0.3) is 0 Å². The van der Waals surface area contributed by atoms with Gasteiger partial charge in [0.05, 0.1) is 5.60 Å². The zero-order valence-corrected chi connectivity index (χ0v) is 13.1. The van der Waals surface area contributed by atoms with Crippen molar-refractivity contribution in [1.82, 2.24) is 5.32 Å². The van der Waals surface area contributed by atoms with Gasteiger partial charge in [-0.15, -0.1) is 0 Å². The van der Waals surface area contributed by atoms with Crippen LogP contribution in [0.4, 0.5) is 10.5 Å². The number of hydrogen-bond donors (Lipinski definition) is 3. The number of Topliss-reactive ketones (excluding diaryl/α,β-unsaturated/α-hetero) is 1. The molecule has 5 heteroatoms. The first-order valence-electron chi connectivity index (χ1n) is 7.20. The Morgan fingerprint density at radius 1 is 1.24 bits per heavy atom. The van der Waals surface area contributed by atoms with Crippen LogP contribution in [-0.2, 0) is 0 Å². The Labute approximate surface area is 125 Å². The van der Waals surface area contributed by atoms with Crippen LogP contribution in [0.15, 0.2) is 18.2 Å². The Morgan fingerprint density at radius 3 is 2.33 bits per heavy atom. The summed E-state index contributed by atoms with van der Waals surface area (Å²) < 4.78 is 0. The Morgan fingerprint density at radius 2 is 1.86 bits per heavy atom. The molecule has 116 valence electrons. The van der Waals surface area contributed by atoms with Gasteiger partial charge in [-0.05, 0) is 50.5 Å². The van der Waals surface area contributed by atoms with Crippen molar-refractivity contribution in [3.8, 4) is 0 Å². The van der Waals surface area contributed by atoms with Crippen LogP contribution >= 0.6 is 0 Å². The molecule has 0 aromatic heterocycles. The van der Waals surface area contributed by atoms with Gasteiger partial charge in [0.25, 0.3) is 0 Å². The average molecular weight is 292 g/mol. The lowest BCUT2D eigenvalue weighted by molar-refractivity contribution is 0.0354. The van der Waals surface area contributed by atoms with E-state index in [1.165, 1.54) is 6.92 Å². The average Bonchev–Trinajstić information content (AvgIpc) is 2.44. The quantitative estimate of drug-likeness (QED) is 0.705. The van der Waals surface area contributed by atoms with E-state index in [4.69, 9.17) is 0 Å². The normalized spacial score (nSPS) is 11.1. The van der Waals surface area contributed by atoms with E-state index < -0.39 is 5.60 Å². The predicted octanol–water partition coefficient (Wildman–Crippen LogP) is 2.87. The molecule has 0 aliphatic heterocycles. The molecule has 0 bridgehead atoms. The Hall–Kier alpha value is -1.88. The Balaban J connectivity index is 2.63. The van der Waals surface area contributed by atoms with Gasteiger partial charge in [0.1, 0.15) is 0 Å². The molecule has 0 saturated heterocycles. The number of nitrogens with one attached hydrogen (secondary N) is 2. The minimum atomic E-state index is -0.869. The fourth-order valence-corrected chi connectivity index (χ4v) is 2.06. The summed E-state index contributed by atoms with van der Waals surface area (Å²) in [7, 11) is 0. The number of aliphatic hydroxyl groups is 1. The number of carbonyl (C=O) groups is 2. The first-order chi connectivity index (χ1) is 9.81. The van der Waals surface area contributed by atoms with Gasteiger partial charge in [-0.2, -0.15) is 0 Å². The van der Waals surface area contributed by atoms with Crippen molar-refractivity contribution in [2.75, 3.05) is 11.9 Å². The Bertz CT molecular complexity index is 522. The van der Waals surface area contributed by atoms with E-state index >= 15 is 0 Å². The summed E-state index contributed by atoms with van der Waals surface area (Å²) >= 11 is 0.